The van der Waals surface area contributed by atoms with Crippen molar-refractivity contribution < 1.29 is 14.2 Å². The lowest BCUT2D eigenvalue weighted by Crippen LogP contribution is -2.19. The number of nitrogens with one attached hydrogen (secondary N) is 1. The van der Waals surface area contributed by atoms with Gasteiger partial charge in [0.2, 0.25) is 0 Å². The van der Waals surface area contributed by atoms with Crippen LogP contribution < -0.4 is 19.9 Å². The van der Waals surface area contributed by atoms with Gasteiger partial charge in [0, 0.05) is 11.0 Å². The average molecular weight is 481 g/mol. The normalized spacial score (nSPS) is 11.1. The van der Waals surface area contributed by atoms with Crippen molar-refractivity contribution in [2.75, 3.05) is 20.3 Å². The quantitative estimate of drug-likeness (QED) is 0.156. The first-order valence-corrected chi connectivity index (χ1v) is 11.9. The number of amidine groups is 1. The third kappa shape index (κ3) is 5.69. The first kappa shape index (κ1) is 24.9. The van der Waals surface area contributed by atoms with Gasteiger partial charge in [-0.2, -0.15) is 0 Å². The van der Waals surface area contributed by atoms with Gasteiger partial charge in [-0.1, -0.05) is 86.6 Å². The first-order valence-electron chi connectivity index (χ1n) is 11.9. The van der Waals surface area contributed by atoms with Crippen molar-refractivity contribution in [2.24, 2.45) is 5.73 Å². The topological polar surface area (TPSA) is 77.6 Å². The molecule has 5 nitrogen and oxygen atoms in total. The second kappa shape index (κ2) is 11.0. The lowest BCUT2D eigenvalue weighted by atomic mass is 9.78. The van der Waals surface area contributed by atoms with Gasteiger partial charge in [-0.3, -0.25) is 5.41 Å². The van der Waals surface area contributed by atoms with E-state index in [9.17, 15) is 0 Å². The van der Waals surface area contributed by atoms with Crippen LogP contribution in [0.4, 0.5) is 0 Å². The minimum atomic E-state index is -0.155. The molecule has 0 aliphatic rings. The Morgan fingerprint density at radius 2 is 1.33 bits per heavy atom. The first-order chi connectivity index (χ1) is 17.4. The van der Waals surface area contributed by atoms with Crippen LogP contribution in [-0.4, -0.2) is 26.2 Å². The lowest BCUT2D eigenvalue weighted by molar-refractivity contribution is 0.211. The molecule has 0 unspecified atom stereocenters. The third-order valence-electron chi connectivity index (χ3n) is 6.37. The molecule has 184 valence electrons. The van der Waals surface area contributed by atoms with Gasteiger partial charge in [-0.25, -0.2) is 0 Å². The van der Waals surface area contributed by atoms with E-state index in [1.54, 1.807) is 7.11 Å². The highest BCUT2D eigenvalue weighted by Gasteiger charge is 2.24. The summed E-state index contributed by atoms with van der Waals surface area (Å²) in [5, 5.41) is 7.51. The van der Waals surface area contributed by atoms with Crippen molar-refractivity contribution in [3.05, 3.63) is 114 Å². The molecule has 0 saturated heterocycles. The molecule has 4 aromatic rings. The van der Waals surface area contributed by atoms with Crippen molar-refractivity contribution in [3.8, 4) is 28.4 Å². The Hall–Kier alpha value is -4.25. The van der Waals surface area contributed by atoms with Crippen molar-refractivity contribution in [1.29, 1.82) is 5.41 Å². The van der Waals surface area contributed by atoms with Crippen LogP contribution in [0.5, 0.6) is 17.2 Å². The van der Waals surface area contributed by atoms with Crippen LogP contribution in [-0.2, 0) is 5.41 Å². The summed E-state index contributed by atoms with van der Waals surface area (Å²) in [6.07, 6.45) is 0. The minimum Gasteiger partial charge on any atom is -0.493 e. The summed E-state index contributed by atoms with van der Waals surface area (Å²) in [6.45, 7) is 5.22. The number of nitrogen functional groups attached to an aromatic ring is 1. The molecule has 0 fully saturated rings. The van der Waals surface area contributed by atoms with E-state index in [0.717, 1.165) is 22.4 Å². The van der Waals surface area contributed by atoms with E-state index in [4.69, 9.17) is 25.4 Å². The molecule has 0 radical (unpaired) electrons. The Labute approximate surface area is 213 Å². The zero-order valence-electron chi connectivity index (χ0n) is 21.0. The second-order valence-electron chi connectivity index (χ2n) is 9.07. The van der Waals surface area contributed by atoms with Gasteiger partial charge in [0.25, 0.3) is 0 Å². The fraction of sp³-hybridized carbons (Fsp3) is 0.194. The van der Waals surface area contributed by atoms with E-state index in [1.807, 2.05) is 66.7 Å². The largest absolute Gasteiger partial charge is 0.493 e. The van der Waals surface area contributed by atoms with Gasteiger partial charge in [-0.15, -0.1) is 0 Å². The van der Waals surface area contributed by atoms with Gasteiger partial charge in [0.05, 0.1) is 7.11 Å². The molecule has 0 aliphatic heterocycles. The smallest absolute Gasteiger partial charge is 0.161 e. The maximum absolute atomic E-state index is 7.51. The van der Waals surface area contributed by atoms with E-state index in [-0.39, 0.29) is 11.3 Å². The molecule has 0 saturated carbocycles. The Kier molecular flexibility index (Phi) is 7.59. The van der Waals surface area contributed by atoms with Crippen molar-refractivity contribution >= 4 is 5.84 Å². The number of methoxy groups -OCH3 is 1. The summed E-state index contributed by atoms with van der Waals surface area (Å²) >= 11 is 0. The monoisotopic (exact) mass is 480 g/mol. The molecule has 0 heterocycles. The molecule has 0 amide bonds. The zero-order chi connectivity index (χ0) is 25.5. The highest BCUT2D eigenvalue weighted by atomic mass is 16.5. The maximum atomic E-state index is 7.51. The molecule has 3 N–H and O–H groups in total. The summed E-state index contributed by atoms with van der Waals surface area (Å²) in [7, 11) is 1.66. The molecule has 4 rings (SSSR count). The Balaban J connectivity index is 1.33. The Bertz CT molecular complexity index is 1300. The van der Waals surface area contributed by atoms with E-state index >= 15 is 0 Å². The molecule has 5 heteroatoms. The van der Waals surface area contributed by atoms with Crippen LogP contribution in [0.1, 0.15) is 30.5 Å². The summed E-state index contributed by atoms with van der Waals surface area (Å²) < 4.78 is 17.5. The second-order valence-corrected chi connectivity index (χ2v) is 9.07. The third-order valence-corrected chi connectivity index (χ3v) is 6.37. The van der Waals surface area contributed by atoms with Crippen LogP contribution in [0.2, 0.25) is 0 Å². The standard InChI is InChI=1S/C31H32N2O3/c1-31(2,25-7-5-4-6-8-25)26-15-18-28(29(21-26)34-3)36-20-19-35-27-16-13-23(14-17-27)22-9-11-24(12-10-22)30(32)33/h4-18,21H,19-20H2,1-3H3,(H3,32,33). The van der Waals surface area contributed by atoms with Crippen LogP contribution in [0.25, 0.3) is 11.1 Å². The molecule has 36 heavy (non-hydrogen) atoms. The lowest BCUT2D eigenvalue weighted by Gasteiger charge is -2.27. The summed E-state index contributed by atoms with van der Waals surface area (Å²) in [6, 6.07) is 32.1. The number of benzene rings is 4. The Morgan fingerprint density at radius 1 is 0.722 bits per heavy atom. The average Bonchev–Trinajstić information content (AvgIpc) is 2.92. The molecule has 4 aromatic carbocycles. The number of hydrogen-bond donors (Lipinski definition) is 2. The van der Waals surface area contributed by atoms with Gasteiger partial charge < -0.3 is 19.9 Å². The molecule has 0 aliphatic carbocycles. The van der Waals surface area contributed by atoms with E-state index in [1.165, 1.54) is 5.56 Å². The fourth-order valence-electron chi connectivity index (χ4n) is 4.09. The van der Waals surface area contributed by atoms with Crippen LogP contribution >= 0.6 is 0 Å². The van der Waals surface area contributed by atoms with Gasteiger partial charge in [0.1, 0.15) is 24.8 Å². The predicted molar refractivity (Wildman–Crippen MR) is 145 cm³/mol. The molecule has 0 bridgehead atoms. The van der Waals surface area contributed by atoms with E-state index in [0.29, 0.717) is 30.3 Å². The van der Waals surface area contributed by atoms with Gasteiger partial charge >= 0.3 is 0 Å². The highest BCUT2D eigenvalue weighted by Crippen LogP contribution is 2.37. The van der Waals surface area contributed by atoms with Crippen molar-refractivity contribution in [3.63, 3.8) is 0 Å². The maximum Gasteiger partial charge on any atom is 0.161 e. The van der Waals surface area contributed by atoms with Crippen molar-refractivity contribution in [2.45, 2.75) is 19.3 Å². The predicted octanol–water partition coefficient (Wildman–Crippen LogP) is 6.43. The molecular formula is C31H32N2O3. The van der Waals surface area contributed by atoms with Crippen LogP contribution in [0.3, 0.4) is 0 Å². The number of ether oxygens (including phenoxy) is 3. The summed E-state index contributed by atoms with van der Waals surface area (Å²) in [4.78, 5) is 0. The zero-order valence-corrected chi connectivity index (χ0v) is 21.0. The molecule has 0 aromatic heterocycles. The van der Waals surface area contributed by atoms with Crippen molar-refractivity contribution in [1.82, 2.24) is 0 Å². The number of nitrogens with two attached hydrogens (primary N) is 1. The summed E-state index contributed by atoms with van der Waals surface area (Å²) in [5.41, 5.74) is 10.6. The number of hydrogen-bond acceptors (Lipinski definition) is 4. The highest BCUT2D eigenvalue weighted by molar-refractivity contribution is 5.95. The molecular weight excluding hydrogens is 448 g/mol. The van der Waals surface area contributed by atoms with E-state index in [2.05, 4.69) is 44.2 Å². The minimum absolute atomic E-state index is 0.0668. The Morgan fingerprint density at radius 3 is 1.94 bits per heavy atom. The molecule has 0 spiro atoms. The van der Waals surface area contributed by atoms with Gasteiger partial charge in [-0.05, 0) is 46.5 Å². The molecule has 0 atom stereocenters. The van der Waals surface area contributed by atoms with Crippen LogP contribution in [0, 0.1) is 5.41 Å². The van der Waals surface area contributed by atoms with E-state index < -0.39 is 0 Å². The summed E-state index contributed by atoms with van der Waals surface area (Å²) in [5.74, 6) is 2.24. The SMILES string of the molecule is COc1cc(C(C)(C)c2ccccc2)ccc1OCCOc1ccc(-c2ccc(C(=N)N)cc2)cc1. The van der Waals surface area contributed by atoms with Gasteiger partial charge in [0.15, 0.2) is 11.5 Å². The number of rotatable bonds is 10. The van der Waals surface area contributed by atoms with Crippen LogP contribution in [0.15, 0.2) is 97.1 Å². The fourth-order valence-corrected chi connectivity index (χ4v) is 4.09.